The number of carbonyl (C=O) groups is 1. The van der Waals surface area contributed by atoms with Crippen LogP contribution in [0, 0.1) is 0 Å². The molecule has 0 heterocycles. The molecule has 0 amide bonds. The summed E-state index contributed by atoms with van der Waals surface area (Å²) in [6.45, 7) is -4.11. The zero-order valence-electron chi connectivity index (χ0n) is 40.8. The predicted octanol–water partition coefficient (Wildman–Crippen LogP) is 5.55. The highest BCUT2D eigenvalue weighted by Crippen LogP contribution is 2.12. The molecule has 0 spiro atoms. The first-order chi connectivity index (χ1) is 21.0. The Kier molecular flexibility index (Phi) is 1.63. The van der Waals surface area contributed by atoms with Crippen molar-refractivity contribution in [2.24, 2.45) is 0 Å². The Bertz CT molecular complexity index is 1270. The van der Waals surface area contributed by atoms with Crippen LogP contribution in [0.15, 0.2) is 0 Å². The molecule has 0 saturated heterocycles. The molecule has 0 bridgehead atoms. The van der Waals surface area contributed by atoms with Crippen LogP contribution >= 0.6 is 0 Å². The highest BCUT2D eigenvalue weighted by molar-refractivity contribution is 5.66. The second-order valence-electron chi connectivity index (χ2n) is 2.04. The summed E-state index contributed by atoms with van der Waals surface area (Å²) in [5, 5.41) is 3.26. The number of carboxylic acid groups (broad SMARTS) is 1. The minimum Gasteiger partial charge on any atom is -0.481 e. The highest BCUT2D eigenvalue weighted by Gasteiger charge is 1.96. The first-order valence-corrected chi connectivity index (χ1v) is 4.16. The van der Waals surface area contributed by atoms with Gasteiger partial charge >= 0.3 is 5.97 Å². The number of hydrogen-bond acceptors (Lipinski definition) is 2. The first-order valence-electron chi connectivity index (χ1n) is 20.1. The van der Waals surface area contributed by atoms with Crippen molar-refractivity contribution in [3.05, 3.63) is 0 Å². The van der Waals surface area contributed by atoms with Crippen LogP contribution in [-0.2, 0) is 4.79 Å². The minimum atomic E-state index is -5.13. The molecule has 1 N–H and O–H groups in total. The molecule has 18 heavy (non-hydrogen) atoms. The lowest BCUT2D eigenvalue weighted by molar-refractivity contribution is -0.137. The van der Waals surface area contributed by atoms with Gasteiger partial charge in [-0.25, -0.2) is 0 Å². The molecule has 0 aliphatic carbocycles. The molecule has 0 aromatic carbocycles. The Morgan fingerprint density at radius 2 is 1.33 bits per heavy atom. The van der Waals surface area contributed by atoms with E-state index in [0.717, 1.165) is 0 Å². The maximum atomic E-state index is 11.7. The van der Waals surface area contributed by atoms with Crippen LogP contribution in [0.3, 0.4) is 0 Å². The van der Waals surface area contributed by atoms with Crippen LogP contribution in [0.4, 0.5) is 0 Å². The van der Waals surface area contributed by atoms with E-state index in [0.29, 0.717) is 0 Å². The molecule has 0 aliphatic heterocycles. The van der Waals surface area contributed by atoms with E-state index < -0.39 is 102 Å². The molecule has 0 fully saturated rings. The van der Waals surface area contributed by atoms with Gasteiger partial charge in [-0.05, 0) is 6.37 Å². The third kappa shape index (κ3) is 15.5. The highest BCUT2D eigenvalue weighted by atomic mass is 16.4. The summed E-state index contributed by atoms with van der Waals surface area (Å²) in [4.78, 5) is 11.7. The molecule has 2 heteroatoms. The third-order valence-electron chi connectivity index (χ3n) is 0.915. The summed E-state index contributed by atoms with van der Waals surface area (Å²) >= 11 is 0. The van der Waals surface area contributed by atoms with Crippen LogP contribution in [0.2, 0.25) is 0 Å². The van der Waals surface area contributed by atoms with E-state index in [1.165, 1.54) is 0 Å². The van der Waals surface area contributed by atoms with Gasteiger partial charge in [-0.3, -0.25) is 4.79 Å². The van der Waals surface area contributed by atoms with Crippen molar-refractivity contribution in [1.29, 1.82) is 1.43 Å². The van der Waals surface area contributed by atoms with E-state index in [9.17, 15) is 4.79 Å². The summed E-state index contributed by atoms with van der Waals surface area (Å²) in [6, 6.07) is 0. The molecule has 0 aliphatic rings. The smallest absolute Gasteiger partial charge is 0.303 e. The van der Waals surface area contributed by atoms with Gasteiger partial charge < -0.3 is 5.11 Å². The maximum absolute atomic E-state index is 11.7. The van der Waals surface area contributed by atoms with Crippen molar-refractivity contribution < 1.29 is 52.4 Å². The van der Waals surface area contributed by atoms with E-state index in [-0.39, 0.29) is 0 Å². The fourth-order valence-corrected chi connectivity index (χ4v) is 0.426. The SMILES string of the molecule is [2H]OC(=O)C([2H])([2H])C([2H])([2H])C([2H])([2H])C([2H])([2H])C([2H])([2H])C([2H])([2H])C([2H])([2H])C([2H])([2H])C([2H])([2H])C([2H])([2H])C([2H])([2H])C([2H])([2H])C([2H])([2H])C([2H])([2H])C([2H])([2H])[2H]. The van der Waals surface area contributed by atoms with Gasteiger partial charge in [0.1, 0.15) is 0 Å². The van der Waals surface area contributed by atoms with Crippen LogP contribution in [0.1, 0.15) is 139 Å². The van der Waals surface area contributed by atoms with Gasteiger partial charge in [0.25, 0.3) is 1.43 Å². The van der Waals surface area contributed by atoms with Gasteiger partial charge in [0.2, 0.25) is 0 Å². The Balaban J connectivity index is 7.68. The zero-order valence-corrected chi connectivity index (χ0v) is 8.82. The molecule has 0 unspecified atom stereocenters. The summed E-state index contributed by atoms with van der Waals surface area (Å²) in [6.07, 6.45) is -68.3. The van der Waals surface area contributed by atoms with E-state index in [2.05, 4.69) is 5.11 Å². The van der Waals surface area contributed by atoms with E-state index in [4.69, 9.17) is 43.9 Å². The van der Waals surface area contributed by atoms with Crippen molar-refractivity contribution in [3.63, 3.8) is 0 Å². The Hall–Kier alpha value is -0.530. The molecule has 0 aromatic heterocycles. The quantitative estimate of drug-likeness (QED) is 0.455. The number of hydrogen-bond donors (Lipinski definition) is 1. The Morgan fingerprint density at radius 3 is 1.78 bits per heavy atom. The summed E-state index contributed by atoms with van der Waals surface area (Å²) < 4.78 is 251. The molecule has 0 rings (SSSR count). The lowest BCUT2D eigenvalue weighted by Crippen LogP contribution is -1.93. The van der Waals surface area contributed by atoms with Gasteiger partial charge in [-0.2, -0.15) is 0 Å². The van der Waals surface area contributed by atoms with Crippen molar-refractivity contribution >= 4 is 5.97 Å². The first kappa shape index (κ1) is 2.02. The van der Waals surface area contributed by atoms with E-state index >= 15 is 0 Å². The standard InChI is InChI=1S/C16H32O2/c1-2-3-4-5-6-7-8-9-10-11-12-13-14-15-16(17)18/h2-15H2,1H3,(H,17,18)/i1D3,2D2,3D2,4D2,5D2,6D2,7D2,8D2,9D2,10D2,11D2,12D2,13D2,14D2,15D2/hD. The average molecular weight is 289 g/mol. The maximum Gasteiger partial charge on any atom is 0.303 e. The summed E-state index contributed by atoms with van der Waals surface area (Å²) in [5.74, 6) is -2.52. The number of carboxylic acids is 1. The Labute approximate surface area is 158 Å². The summed E-state index contributed by atoms with van der Waals surface area (Å²) in [7, 11) is 0. The number of aliphatic carboxylic acids is 1. The molecule has 108 valence electrons. The Morgan fingerprint density at radius 1 is 0.889 bits per heavy atom. The number of rotatable bonds is 14. The lowest BCUT2D eigenvalue weighted by atomic mass is 10.0. The predicted molar refractivity (Wildman–Crippen MR) is 77.9 cm³/mol. The molecular weight excluding hydrogens is 224 g/mol. The fourth-order valence-electron chi connectivity index (χ4n) is 0.426. The molecule has 2 nitrogen and oxygen atoms in total. The molecule has 0 saturated carbocycles. The van der Waals surface area contributed by atoms with E-state index in [1.807, 2.05) is 0 Å². The molecule has 0 aromatic rings. The van der Waals surface area contributed by atoms with Crippen LogP contribution in [-0.4, -0.2) is 11.1 Å². The van der Waals surface area contributed by atoms with Gasteiger partial charge in [-0.1, -0.05) is 83.3 Å². The largest absolute Gasteiger partial charge is 0.481 e. The van der Waals surface area contributed by atoms with Gasteiger partial charge in [0, 0.05) is 48.9 Å². The van der Waals surface area contributed by atoms with Crippen molar-refractivity contribution in [2.45, 2.75) is 96.1 Å². The van der Waals surface area contributed by atoms with Crippen molar-refractivity contribution in [3.8, 4) is 0 Å². The lowest BCUT2D eigenvalue weighted by Gasteiger charge is -2.02. The van der Waals surface area contributed by atoms with Crippen molar-refractivity contribution in [1.82, 2.24) is 0 Å². The molecular formula is C16H32O2. The third-order valence-corrected chi connectivity index (χ3v) is 0.915. The molecule has 0 atom stereocenters. The van der Waals surface area contributed by atoms with Crippen LogP contribution in [0.5, 0.6) is 0 Å². The molecule has 0 radical (unpaired) electrons. The van der Waals surface area contributed by atoms with Crippen molar-refractivity contribution in [2.75, 3.05) is 0 Å². The fraction of sp³-hybridized carbons (Fsp3) is 0.938. The monoisotopic (exact) mass is 288 g/mol. The summed E-state index contributed by atoms with van der Waals surface area (Å²) in [5.41, 5.74) is 0. The topological polar surface area (TPSA) is 37.3 Å². The van der Waals surface area contributed by atoms with Crippen LogP contribution in [0.25, 0.3) is 1.43 Å². The minimum absolute atomic E-state index is 2.52. The normalized spacial score (nSPS) is 48.7. The van der Waals surface area contributed by atoms with Gasteiger partial charge in [-0.15, -0.1) is 0 Å². The van der Waals surface area contributed by atoms with Gasteiger partial charge in [0.05, 0.1) is 0 Å². The van der Waals surface area contributed by atoms with Gasteiger partial charge in [0.15, 0.2) is 0 Å². The zero-order chi connectivity index (χ0) is 41.8. The van der Waals surface area contributed by atoms with Crippen LogP contribution < -0.4 is 0 Å². The second-order valence-corrected chi connectivity index (χ2v) is 2.04. The van der Waals surface area contributed by atoms with E-state index in [1.54, 1.807) is 0 Å². The second kappa shape index (κ2) is 14.5. The average Bonchev–Trinajstić information content (AvgIpc) is 2.90.